The van der Waals surface area contributed by atoms with Crippen molar-refractivity contribution >= 4 is 0 Å². The summed E-state index contributed by atoms with van der Waals surface area (Å²) in [4.78, 5) is 8.68. The number of rotatable bonds is 5. The molecule has 0 fully saturated rings. The molecule has 0 aliphatic carbocycles. The van der Waals surface area contributed by atoms with Crippen LogP contribution in [-0.2, 0) is 7.05 Å². The van der Waals surface area contributed by atoms with E-state index in [1.165, 1.54) is 0 Å². The predicted octanol–water partition coefficient (Wildman–Crippen LogP) is 5.74. The van der Waals surface area contributed by atoms with Crippen molar-refractivity contribution in [2.24, 2.45) is 7.05 Å². The van der Waals surface area contributed by atoms with E-state index >= 15 is 0 Å². The summed E-state index contributed by atoms with van der Waals surface area (Å²) in [7, 11) is 1.98. The quantitative estimate of drug-likeness (QED) is 0.363. The molecule has 0 spiro atoms. The highest BCUT2D eigenvalue weighted by atomic mass is 16.5. The standard InChI is InChI=1S/C26H23N5O/c1-18-25(21-8-6-12-27-17-21)19(2)31(29-18)22-9-5-11-24(16-22)32-23-10-4-7-20(15-23)26-28-13-14-30(26)3/h4-17H,1-3H3. The zero-order valence-corrected chi connectivity index (χ0v) is 18.2. The highest BCUT2D eigenvalue weighted by Gasteiger charge is 2.15. The van der Waals surface area contributed by atoms with Gasteiger partial charge in [0.05, 0.1) is 11.4 Å². The molecule has 5 aromatic rings. The van der Waals surface area contributed by atoms with Crippen molar-refractivity contribution in [1.82, 2.24) is 24.3 Å². The van der Waals surface area contributed by atoms with Gasteiger partial charge in [0, 0.05) is 60.3 Å². The van der Waals surface area contributed by atoms with Crippen LogP contribution in [0.1, 0.15) is 11.4 Å². The van der Waals surface area contributed by atoms with Crippen molar-refractivity contribution in [3.05, 3.63) is 96.8 Å². The maximum Gasteiger partial charge on any atom is 0.139 e. The molecule has 0 aliphatic rings. The molecule has 6 heteroatoms. The van der Waals surface area contributed by atoms with Crippen molar-refractivity contribution < 1.29 is 4.74 Å². The number of benzene rings is 2. The van der Waals surface area contributed by atoms with Crippen molar-refractivity contribution in [2.45, 2.75) is 13.8 Å². The molecule has 0 aliphatic heterocycles. The molecule has 0 bridgehead atoms. The number of pyridine rings is 1. The molecule has 0 unspecified atom stereocenters. The van der Waals surface area contributed by atoms with Gasteiger partial charge in [-0.15, -0.1) is 0 Å². The fraction of sp³-hybridized carbons (Fsp3) is 0.115. The molecule has 3 aromatic heterocycles. The summed E-state index contributed by atoms with van der Waals surface area (Å²) in [6.45, 7) is 4.10. The Labute approximate surface area is 186 Å². The van der Waals surface area contributed by atoms with E-state index in [0.717, 1.165) is 51.1 Å². The first-order chi connectivity index (χ1) is 15.6. The van der Waals surface area contributed by atoms with Gasteiger partial charge >= 0.3 is 0 Å². The molecular weight excluding hydrogens is 398 g/mol. The van der Waals surface area contributed by atoms with E-state index in [0.29, 0.717) is 0 Å². The van der Waals surface area contributed by atoms with Gasteiger partial charge in [0.15, 0.2) is 0 Å². The Morgan fingerprint density at radius 1 is 0.844 bits per heavy atom. The van der Waals surface area contributed by atoms with E-state index in [1.54, 1.807) is 12.4 Å². The number of imidazole rings is 1. The van der Waals surface area contributed by atoms with Crippen LogP contribution in [-0.4, -0.2) is 24.3 Å². The zero-order valence-electron chi connectivity index (χ0n) is 18.2. The average Bonchev–Trinajstić information content (AvgIpc) is 3.37. The van der Waals surface area contributed by atoms with Crippen molar-refractivity contribution in [3.63, 3.8) is 0 Å². The third-order valence-corrected chi connectivity index (χ3v) is 5.45. The van der Waals surface area contributed by atoms with E-state index in [1.807, 2.05) is 90.2 Å². The first-order valence-corrected chi connectivity index (χ1v) is 10.4. The Hall–Kier alpha value is -4.19. The molecule has 158 valence electrons. The molecule has 5 rings (SSSR count). The fourth-order valence-electron chi connectivity index (χ4n) is 3.98. The number of hydrogen-bond acceptors (Lipinski definition) is 4. The van der Waals surface area contributed by atoms with Crippen LogP contribution in [0.15, 0.2) is 85.5 Å². The summed E-state index contributed by atoms with van der Waals surface area (Å²) < 4.78 is 10.1. The monoisotopic (exact) mass is 421 g/mol. The molecule has 32 heavy (non-hydrogen) atoms. The lowest BCUT2D eigenvalue weighted by Crippen LogP contribution is -1.99. The molecule has 3 heterocycles. The van der Waals surface area contributed by atoms with Crippen LogP contribution in [0.4, 0.5) is 0 Å². The lowest BCUT2D eigenvalue weighted by atomic mass is 10.1. The van der Waals surface area contributed by atoms with Gasteiger partial charge in [-0.25, -0.2) is 9.67 Å². The second-order valence-corrected chi connectivity index (χ2v) is 7.69. The number of aromatic nitrogens is 5. The minimum Gasteiger partial charge on any atom is -0.457 e. The Kier molecular flexibility index (Phi) is 5.03. The highest BCUT2D eigenvalue weighted by Crippen LogP contribution is 2.31. The van der Waals surface area contributed by atoms with Gasteiger partial charge in [-0.1, -0.05) is 24.3 Å². The van der Waals surface area contributed by atoms with Crippen LogP contribution in [0, 0.1) is 13.8 Å². The van der Waals surface area contributed by atoms with Gasteiger partial charge in [0.1, 0.15) is 17.3 Å². The van der Waals surface area contributed by atoms with E-state index in [4.69, 9.17) is 9.84 Å². The summed E-state index contributed by atoms with van der Waals surface area (Å²) in [6.07, 6.45) is 7.37. The van der Waals surface area contributed by atoms with Crippen molar-refractivity contribution in [3.8, 4) is 39.7 Å². The molecule has 0 N–H and O–H groups in total. The van der Waals surface area contributed by atoms with Gasteiger partial charge in [0.25, 0.3) is 0 Å². The van der Waals surface area contributed by atoms with Crippen LogP contribution in [0.3, 0.4) is 0 Å². The SMILES string of the molecule is Cc1nn(-c2cccc(Oc3cccc(-c4nccn4C)c3)c2)c(C)c1-c1cccnc1. The second-order valence-electron chi connectivity index (χ2n) is 7.69. The lowest BCUT2D eigenvalue weighted by Gasteiger charge is -2.10. The minimum absolute atomic E-state index is 0.745. The van der Waals surface area contributed by atoms with Crippen molar-refractivity contribution in [1.29, 1.82) is 0 Å². The van der Waals surface area contributed by atoms with Gasteiger partial charge < -0.3 is 9.30 Å². The normalized spacial score (nSPS) is 11.0. The largest absolute Gasteiger partial charge is 0.457 e. The molecule has 0 saturated carbocycles. The Morgan fingerprint density at radius 2 is 1.62 bits per heavy atom. The average molecular weight is 422 g/mol. The van der Waals surface area contributed by atoms with Gasteiger partial charge in [-0.2, -0.15) is 5.10 Å². The topological polar surface area (TPSA) is 57.8 Å². The molecule has 2 aromatic carbocycles. The maximum absolute atomic E-state index is 6.19. The number of hydrogen-bond donors (Lipinski definition) is 0. The summed E-state index contributed by atoms with van der Waals surface area (Å²) in [5.41, 5.74) is 6.14. The summed E-state index contributed by atoms with van der Waals surface area (Å²) >= 11 is 0. The molecular formula is C26H23N5O. The third-order valence-electron chi connectivity index (χ3n) is 5.45. The Morgan fingerprint density at radius 3 is 2.38 bits per heavy atom. The number of aryl methyl sites for hydroxylation is 2. The first-order valence-electron chi connectivity index (χ1n) is 10.4. The minimum atomic E-state index is 0.745. The molecule has 0 atom stereocenters. The van der Waals surface area contributed by atoms with Crippen LogP contribution in [0.25, 0.3) is 28.2 Å². The first kappa shape index (κ1) is 19.8. The zero-order chi connectivity index (χ0) is 22.1. The van der Waals surface area contributed by atoms with Gasteiger partial charge in [-0.05, 0) is 44.2 Å². The van der Waals surface area contributed by atoms with Crippen LogP contribution in [0.5, 0.6) is 11.5 Å². The summed E-state index contributed by atoms with van der Waals surface area (Å²) in [6, 6.07) is 19.9. The highest BCUT2D eigenvalue weighted by molar-refractivity contribution is 5.68. The summed E-state index contributed by atoms with van der Waals surface area (Å²) in [5, 5.41) is 4.78. The third kappa shape index (κ3) is 3.67. The van der Waals surface area contributed by atoms with E-state index in [-0.39, 0.29) is 0 Å². The number of ether oxygens (including phenoxy) is 1. The van der Waals surface area contributed by atoms with Crippen LogP contribution >= 0.6 is 0 Å². The molecule has 0 amide bonds. The molecule has 0 radical (unpaired) electrons. The Bertz CT molecular complexity index is 1380. The van der Waals surface area contributed by atoms with Crippen LogP contribution < -0.4 is 4.74 Å². The van der Waals surface area contributed by atoms with Crippen molar-refractivity contribution in [2.75, 3.05) is 0 Å². The van der Waals surface area contributed by atoms with Gasteiger partial charge in [0.2, 0.25) is 0 Å². The smallest absolute Gasteiger partial charge is 0.139 e. The van der Waals surface area contributed by atoms with Gasteiger partial charge in [-0.3, -0.25) is 4.98 Å². The predicted molar refractivity (Wildman–Crippen MR) is 125 cm³/mol. The van der Waals surface area contributed by atoms with E-state index in [9.17, 15) is 0 Å². The molecule has 0 saturated heterocycles. The second kappa shape index (κ2) is 8.15. The van der Waals surface area contributed by atoms with Crippen LogP contribution in [0.2, 0.25) is 0 Å². The Balaban J connectivity index is 1.46. The lowest BCUT2D eigenvalue weighted by molar-refractivity contribution is 0.482. The number of nitrogens with zero attached hydrogens (tertiary/aromatic N) is 5. The fourth-order valence-corrected chi connectivity index (χ4v) is 3.98. The summed E-state index contributed by atoms with van der Waals surface area (Å²) in [5.74, 6) is 2.40. The van der Waals surface area contributed by atoms with E-state index < -0.39 is 0 Å². The molecule has 6 nitrogen and oxygen atoms in total. The van der Waals surface area contributed by atoms with E-state index in [2.05, 4.69) is 23.0 Å². The maximum atomic E-state index is 6.19.